The maximum atomic E-state index is 11.8. The molecule has 1 N–H and O–H groups in total. The number of rotatable bonds is 5. The molecule has 0 radical (unpaired) electrons. The van der Waals surface area contributed by atoms with Crippen molar-refractivity contribution in [1.82, 2.24) is 9.62 Å². The molecular weight excluding hydrogens is 216 g/mol. The molecule has 0 aromatic rings. The second-order valence-corrected chi connectivity index (χ2v) is 5.95. The SMILES string of the molecule is COCCS(=O)(=O)N(C)C1CCNCC1. The summed E-state index contributed by atoms with van der Waals surface area (Å²) in [5.74, 6) is 0.0733. The van der Waals surface area contributed by atoms with Crippen LogP contribution in [0.3, 0.4) is 0 Å². The van der Waals surface area contributed by atoms with Crippen molar-refractivity contribution in [3.8, 4) is 0 Å². The van der Waals surface area contributed by atoms with Crippen LogP contribution in [0.2, 0.25) is 0 Å². The smallest absolute Gasteiger partial charge is 0.216 e. The number of hydrogen-bond donors (Lipinski definition) is 1. The monoisotopic (exact) mass is 236 g/mol. The number of methoxy groups -OCH3 is 1. The Balaban J connectivity index is 2.53. The van der Waals surface area contributed by atoms with Gasteiger partial charge in [0, 0.05) is 20.2 Å². The molecule has 1 heterocycles. The molecular formula is C9H20N2O3S. The first-order valence-corrected chi connectivity index (χ1v) is 6.84. The Bertz CT molecular complexity index is 273. The van der Waals surface area contributed by atoms with E-state index in [0.717, 1.165) is 25.9 Å². The van der Waals surface area contributed by atoms with Crippen LogP contribution in [0.25, 0.3) is 0 Å². The van der Waals surface area contributed by atoms with E-state index in [-0.39, 0.29) is 18.4 Å². The van der Waals surface area contributed by atoms with Gasteiger partial charge in [-0.05, 0) is 25.9 Å². The van der Waals surface area contributed by atoms with Crippen molar-refractivity contribution >= 4 is 10.0 Å². The number of hydrogen-bond acceptors (Lipinski definition) is 4. The van der Waals surface area contributed by atoms with E-state index in [4.69, 9.17) is 4.74 Å². The van der Waals surface area contributed by atoms with Gasteiger partial charge in [0.05, 0.1) is 12.4 Å². The van der Waals surface area contributed by atoms with Crippen LogP contribution < -0.4 is 5.32 Å². The molecule has 0 aliphatic carbocycles. The van der Waals surface area contributed by atoms with Crippen molar-refractivity contribution < 1.29 is 13.2 Å². The van der Waals surface area contributed by atoms with Crippen molar-refractivity contribution in [2.24, 2.45) is 0 Å². The fourth-order valence-corrected chi connectivity index (χ4v) is 3.06. The highest BCUT2D eigenvalue weighted by molar-refractivity contribution is 7.89. The van der Waals surface area contributed by atoms with Crippen LogP contribution in [0.5, 0.6) is 0 Å². The summed E-state index contributed by atoms with van der Waals surface area (Å²) in [7, 11) is 0.0401. The van der Waals surface area contributed by atoms with E-state index < -0.39 is 10.0 Å². The number of sulfonamides is 1. The van der Waals surface area contributed by atoms with Crippen LogP contribution in [0.15, 0.2) is 0 Å². The first-order valence-electron chi connectivity index (χ1n) is 5.23. The van der Waals surface area contributed by atoms with Crippen molar-refractivity contribution in [2.75, 3.05) is 39.6 Å². The summed E-state index contributed by atoms with van der Waals surface area (Å²) in [6, 6.07) is 0.146. The molecule has 1 aliphatic rings. The lowest BCUT2D eigenvalue weighted by Crippen LogP contribution is -2.45. The predicted molar refractivity (Wildman–Crippen MR) is 59.3 cm³/mol. The van der Waals surface area contributed by atoms with E-state index in [1.54, 1.807) is 7.05 Å². The van der Waals surface area contributed by atoms with Gasteiger partial charge in [-0.2, -0.15) is 0 Å². The quantitative estimate of drug-likeness (QED) is 0.708. The Labute approximate surface area is 91.8 Å². The zero-order valence-corrected chi connectivity index (χ0v) is 10.2. The van der Waals surface area contributed by atoms with E-state index in [2.05, 4.69) is 5.32 Å². The van der Waals surface area contributed by atoms with Gasteiger partial charge in [-0.1, -0.05) is 0 Å². The van der Waals surface area contributed by atoms with Gasteiger partial charge in [0.15, 0.2) is 0 Å². The minimum absolute atomic E-state index is 0.0733. The lowest BCUT2D eigenvalue weighted by Gasteiger charge is -2.30. The summed E-state index contributed by atoms with van der Waals surface area (Å²) in [6.07, 6.45) is 1.78. The standard InChI is InChI=1S/C9H20N2O3S/c1-11(9-3-5-10-6-4-9)15(12,13)8-7-14-2/h9-10H,3-8H2,1-2H3. The first kappa shape index (κ1) is 12.9. The third-order valence-corrected chi connectivity index (χ3v) is 4.67. The third kappa shape index (κ3) is 3.71. The second kappa shape index (κ2) is 5.79. The van der Waals surface area contributed by atoms with Gasteiger partial charge in [0.1, 0.15) is 0 Å². The Kier molecular flexibility index (Phi) is 4.98. The third-order valence-electron chi connectivity index (χ3n) is 2.81. The molecule has 90 valence electrons. The van der Waals surface area contributed by atoms with Crippen LogP contribution in [-0.4, -0.2) is 58.4 Å². The Morgan fingerprint density at radius 3 is 2.53 bits per heavy atom. The number of piperidine rings is 1. The average Bonchev–Trinajstić information content (AvgIpc) is 2.26. The Morgan fingerprint density at radius 2 is 2.00 bits per heavy atom. The second-order valence-electron chi connectivity index (χ2n) is 3.81. The lowest BCUT2D eigenvalue weighted by atomic mass is 10.1. The van der Waals surface area contributed by atoms with E-state index in [9.17, 15) is 8.42 Å². The highest BCUT2D eigenvalue weighted by Gasteiger charge is 2.26. The largest absolute Gasteiger partial charge is 0.384 e. The van der Waals surface area contributed by atoms with Gasteiger partial charge in [-0.15, -0.1) is 0 Å². The molecule has 0 amide bonds. The molecule has 1 aliphatic heterocycles. The van der Waals surface area contributed by atoms with Crippen LogP contribution in [0.4, 0.5) is 0 Å². The molecule has 0 unspecified atom stereocenters. The maximum absolute atomic E-state index is 11.8. The molecule has 0 bridgehead atoms. The predicted octanol–water partition coefficient (Wildman–Crippen LogP) is -0.354. The van der Waals surface area contributed by atoms with Crippen molar-refractivity contribution in [2.45, 2.75) is 18.9 Å². The summed E-state index contributed by atoms with van der Waals surface area (Å²) in [5, 5.41) is 3.22. The molecule has 0 atom stereocenters. The molecule has 1 rings (SSSR count). The molecule has 0 saturated carbocycles. The van der Waals surface area contributed by atoms with Gasteiger partial charge in [-0.3, -0.25) is 0 Å². The molecule has 1 fully saturated rings. The summed E-state index contributed by atoms with van der Waals surface area (Å²) < 4.78 is 29.9. The number of nitrogens with one attached hydrogen (secondary N) is 1. The van der Waals surface area contributed by atoms with Crippen molar-refractivity contribution in [1.29, 1.82) is 0 Å². The summed E-state index contributed by atoms with van der Waals surface area (Å²) in [4.78, 5) is 0. The van der Waals surface area contributed by atoms with Crippen molar-refractivity contribution in [3.05, 3.63) is 0 Å². The highest BCUT2D eigenvalue weighted by atomic mass is 32.2. The normalized spacial score (nSPS) is 19.7. The number of ether oxygens (including phenoxy) is 1. The fourth-order valence-electron chi connectivity index (χ4n) is 1.73. The average molecular weight is 236 g/mol. The van der Waals surface area contributed by atoms with E-state index in [1.165, 1.54) is 11.4 Å². The molecule has 15 heavy (non-hydrogen) atoms. The first-order chi connectivity index (χ1) is 7.08. The summed E-state index contributed by atoms with van der Waals surface area (Å²) >= 11 is 0. The molecule has 1 saturated heterocycles. The van der Waals surface area contributed by atoms with Gasteiger partial charge >= 0.3 is 0 Å². The van der Waals surface area contributed by atoms with Crippen LogP contribution >= 0.6 is 0 Å². The van der Waals surface area contributed by atoms with Crippen LogP contribution in [0, 0.1) is 0 Å². The zero-order chi connectivity index (χ0) is 11.3. The fraction of sp³-hybridized carbons (Fsp3) is 1.00. The van der Waals surface area contributed by atoms with Gasteiger partial charge < -0.3 is 10.1 Å². The van der Waals surface area contributed by atoms with E-state index in [0.29, 0.717) is 0 Å². The summed E-state index contributed by atoms with van der Waals surface area (Å²) in [5.41, 5.74) is 0. The topological polar surface area (TPSA) is 58.6 Å². The van der Waals surface area contributed by atoms with E-state index >= 15 is 0 Å². The molecule has 5 nitrogen and oxygen atoms in total. The Hall–Kier alpha value is -0.170. The summed E-state index contributed by atoms with van der Waals surface area (Å²) in [6.45, 7) is 2.06. The molecule has 0 aromatic heterocycles. The molecule has 6 heteroatoms. The number of nitrogens with zero attached hydrogens (tertiary/aromatic N) is 1. The lowest BCUT2D eigenvalue weighted by molar-refractivity contribution is 0.214. The highest BCUT2D eigenvalue weighted by Crippen LogP contribution is 2.13. The van der Waals surface area contributed by atoms with Gasteiger partial charge in [-0.25, -0.2) is 12.7 Å². The zero-order valence-electron chi connectivity index (χ0n) is 9.40. The molecule has 0 aromatic carbocycles. The van der Waals surface area contributed by atoms with Crippen LogP contribution in [-0.2, 0) is 14.8 Å². The minimum atomic E-state index is -3.14. The van der Waals surface area contributed by atoms with Gasteiger partial charge in [0.25, 0.3) is 0 Å². The van der Waals surface area contributed by atoms with Gasteiger partial charge in [0.2, 0.25) is 10.0 Å². The molecule has 0 spiro atoms. The Morgan fingerprint density at radius 1 is 1.40 bits per heavy atom. The van der Waals surface area contributed by atoms with Crippen molar-refractivity contribution in [3.63, 3.8) is 0 Å². The maximum Gasteiger partial charge on any atom is 0.216 e. The van der Waals surface area contributed by atoms with Crippen LogP contribution in [0.1, 0.15) is 12.8 Å². The minimum Gasteiger partial charge on any atom is -0.384 e. The van der Waals surface area contributed by atoms with E-state index in [1.807, 2.05) is 0 Å².